The van der Waals surface area contributed by atoms with Crippen molar-refractivity contribution in [2.24, 2.45) is 0 Å². The van der Waals surface area contributed by atoms with E-state index < -0.39 is 16.0 Å². The number of carbonyl (C=O) groups excluding carboxylic acids is 1. The van der Waals surface area contributed by atoms with Crippen molar-refractivity contribution in [2.75, 3.05) is 34.5 Å². The first kappa shape index (κ1) is 24.2. The third-order valence-electron chi connectivity index (χ3n) is 4.23. The average Bonchev–Trinajstić information content (AvgIpc) is 2.73. The summed E-state index contributed by atoms with van der Waals surface area (Å²) in [5.74, 6) is 0.369. The first-order chi connectivity index (χ1) is 14.7. The van der Waals surface area contributed by atoms with Crippen molar-refractivity contribution in [3.8, 4) is 17.2 Å². The molecule has 0 saturated carbocycles. The van der Waals surface area contributed by atoms with E-state index in [-0.39, 0.29) is 29.5 Å². The summed E-state index contributed by atoms with van der Waals surface area (Å²) in [4.78, 5) is 11.2. The fourth-order valence-corrected chi connectivity index (χ4v) is 4.14. The predicted octanol–water partition coefficient (Wildman–Crippen LogP) is 2.86. The molecule has 0 aliphatic rings. The van der Waals surface area contributed by atoms with Gasteiger partial charge < -0.3 is 18.9 Å². The Balaban J connectivity index is 2.20. The second-order valence-electron chi connectivity index (χ2n) is 6.68. The first-order valence-corrected chi connectivity index (χ1v) is 10.9. The van der Waals surface area contributed by atoms with E-state index in [0.29, 0.717) is 11.3 Å². The Morgan fingerprint density at radius 2 is 1.68 bits per heavy atom. The van der Waals surface area contributed by atoms with Gasteiger partial charge in [-0.2, -0.15) is 0 Å². The summed E-state index contributed by atoms with van der Waals surface area (Å²) in [5.41, 5.74) is 2.54. The van der Waals surface area contributed by atoms with Gasteiger partial charge in [0, 0.05) is 12.6 Å². The average molecular weight is 450 g/mol. The zero-order valence-corrected chi connectivity index (χ0v) is 19.0. The molecule has 168 valence electrons. The van der Waals surface area contributed by atoms with Crippen LogP contribution in [0.25, 0.3) is 6.08 Å². The summed E-state index contributed by atoms with van der Waals surface area (Å²) in [6.45, 7) is 4.11. The number of hydrogen-bond donors (Lipinski definition) is 1. The minimum absolute atomic E-state index is 0.0447. The Bertz CT molecular complexity index is 1040. The molecule has 0 radical (unpaired) electrons. The number of rotatable bonds is 10. The topological polar surface area (TPSA) is 100 Å². The molecule has 2 rings (SSSR count). The number of benzene rings is 2. The molecule has 0 unspecified atom stereocenters. The fourth-order valence-electron chi connectivity index (χ4n) is 2.92. The van der Waals surface area contributed by atoms with Gasteiger partial charge in [-0.1, -0.05) is 6.07 Å². The minimum atomic E-state index is -3.96. The monoisotopic (exact) mass is 449 g/mol. The molecule has 0 amide bonds. The molecule has 0 bridgehead atoms. The van der Waals surface area contributed by atoms with Gasteiger partial charge in [0.25, 0.3) is 0 Å². The van der Waals surface area contributed by atoms with Crippen molar-refractivity contribution >= 4 is 22.1 Å². The lowest BCUT2D eigenvalue weighted by Crippen LogP contribution is -2.28. The molecule has 0 saturated heterocycles. The number of sulfonamides is 1. The predicted molar refractivity (Wildman–Crippen MR) is 117 cm³/mol. The minimum Gasteiger partial charge on any atom is -0.493 e. The smallest absolute Gasteiger partial charge is 0.330 e. The van der Waals surface area contributed by atoms with Gasteiger partial charge in [-0.25, -0.2) is 17.9 Å². The molecule has 0 aliphatic heterocycles. The quantitative estimate of drug-likeness (QED) is 0.338. The molecule has 9 heteroatoms. The summed E-state index contributed by atoms with van der Waals surface area (Å²) < 4.78 is 49.1. The molecule has 0 heterocycles. The Kier molecular flexibility index (Phi) is 8.47. The van der Waals surface area contributed by atoms with E-state index in [1.165, 1.54) is 39.5 Å². The maximum atomic E-state index is 12.9. The van der Waals surface area contributed by atoms with Crippen molar-refractivity contribution in [3.63, 3.8) is 0 Å². The third-order valence-corrected chi connectivity index (χ3v) is 5.69. The van der Waals surface area contributed by atoms with Gasteiger partial charge in [-0.3, -0.25) is 0 Å². The third kappa shape index (κ3) is 6.73. The Morgan fingerprint density at radius 1 is 1.00 bits per heavy atom. The maximum Gasteiger partial charge on any atom is 0.330 e. The van der Waals surface area contributed by atoms with Crippen molar-refractivity contribution < 1.29 is 32.2 Å². The van der Waals surface area contributed by atoms with Gasteiger partial charge in [-0.15, -0.1) is 0 Å². The second-order valence-corrected chi connectivity index (χ2v) is 8.42. The lowest BCUT2D eigenvalue weighted by molar-refractivity contribution is -0.134. The van der Waals surface area contributed by atoms with Crippen LogP contribution in [0.3, 0.4) is 0 Å². The summed E-state index contributed by atoms with van der Waals surface area (Å²) in [6, 6.07) is 8.73. The van der Waals surface area contributed by atoms with Crippen molar-refractivity contribution in [3.05, 3.63) is 53.1 Å². The second kappa shape index (κ2) is 10.8. The number of ether oxygens (including phenoxy) is 4. The highest BCUT2D eigenvalue weighted by Gasteiger charge is 2.23. The van der Waals surface area contributed by atoms with Crippen LogP contribution in [0.1, 0.15) is 16.7 Å². The molecular formula is C22H27NO7S. The van der Waals surface area contributed by atoms with Crippen molar-refractivity contribution in [2.45, 2.75) is 18.7 Å². The lowest BCUT2D eigenvalue weighted by atomic mass is 10.1. The molecule has 8 nitrogen and oxygen atoms in total. The molecule has 0 fully saturated rings. The van der Waals surface area contributed by atoms with E-state index in [2.05, 4.69) is 9.46 Å². The van der Waals surface area contributed by atoms with Crippen LogP contribution in [0.2, 0.25) is 0 Å². The van der Waals surface area contributed by atoms with Crippen LogP contribution in [-0.4, -0.2) is 48.9 Å². The van der Waals surface area contributed by atoms with Crippen LogP contribution in [0.5, 0.6) is 17.2 Å². The zero-order valence-electron chi connectivity index (χ0n) is 18.2. The SMILES string of the molecule is COC(=O)/C=C/c1cc(OC)c(OC)c(S(=O)(=O)NCCOc2cc(C)cc(C)c2)c1. The summed E-state index contributed by atoms with van der Waals surface area (Å²) >= 11 is 0. The van der Waals surface area contributed by atoms with Gasteiger partial charge in [0.2, 0.25) is 10.0 Å². The number of carbonyl (C=O) groups is 1. The first-order valence-electron chi connectivity index (χ1n) is 9.43. The number of nitrogens with one attached hydrogen (secondary N) is 1. The van der Waals surface area contributed by atoms with E-state index in [0.717, 1.165) is 11.1 Å². The number of methoxy groups -OCH3 is 3. The van der Waals surface area contributed by atoms with Crippen LogP contribution < -0.4 is 18.9 Å². The van der Waals surface area contributed by atoms with Crippen LogP contribution in [-0.2, 0) is 19.6 Å². The molecule has 1 N–H and O–H groups in total. The highest BCUT2D eigenvalue weighted by Crippen LogP contribution is 2.36. The fraction of sp³-hybridized carbons (Fsp3) is 0.318. The molecule has 0 aliphatic carbocycles. The molecule has 0 aromatic heterocycles. The van der Waals surface area contributed by atoms with Gasteiger partial charge in [0.05, 0.1) is 21.3 Å². The molecule has 2 aromatic rings. The van der Waals surface area contributed by atoms with Gasteiger partial charge >= 0.3 is 5.97 Å². The van der Waals surface area contributed by atoms with Crippen LogP contribution in [0, 0.1) is 13.8 Å². The van der Waals surface area contributed by atoms with Crippen LogP contribution in [0.4, 0.5) is 0 Å². The standard InChI is InChI=1S/C22H27NO7S/c1-15-10-16(2)12-18(11-15)30-9-8-23-31(25,26)20-14-17(6-7-21(24)28-4)13-19(27-3)22(20)29-5/h6-7,10-14,23H,8-9H2,1-5H3/b7-6+. The Morgan fingerprint density at radius 3 is 2.26 bits per heavy atom. The Hall–Kier alpha value is -3.04. The van der Waals surface area contributed by atoms with Gasteiger partial charge in [0.15, 0.2) is 11.5 Å². The summed E-state index contributed by atoms with van der Waals surface area (Å²) in [7, 11) is 0.0403. The molecule has 0 spiro atoms. The van der Waals surface area contributed by atoms with E-state index in [9.17, 15) is 13.2 Å². The number of aryl methyl sites for hydroxylation is 2. The van der Waals surface area contributed by atoms with E-state index in [4.69, 9.17) is 14.2 Å². The largest absolute Gasteiger partial charge is 0.493 e. The number of hydrogen-bond acceptors (Lipinski definition) is 7. The summed E-state index contributed by atoms with van der Waals surface area (Å²) in [6.07, 6.45) is 2.61. The van der Waals surface area contributed by atoms with Crippen molar-refractivity contribution in [1.29, 1.82) is 0 Å². The molecule has 0 atom stereocenters. The normalized spacial score (nSPS) is 11.4. The van der Waals surface area contributed by atoms with Crippen molar-refractivity contribution in [1.82, 2.24) is 4.72 Å². The number of esters is 1. The van der Waals surface area contributed by atoms with Crippen LogP contribution in [0.15, 0.2) is 41.3 Å². The Labute approximate surface area is 182 Å². The molecule has 31 heavy (non-hydrogen) atoms. The van der Waals surface area contributed by atoms with Crippen LogP contribution >= 0.6 is 0 Å². The van der Waals surface area contributed by atoms with Gasteiger partial charge in [-0.05, 0) is 60.9 Å². The van der Waals surface area contributed by atoms with E-state index >= 15 is 0 Å². The highest BCUT2D eigenvalue weighted by molar-refractivity contribution is 7.89. The van der Waals surface area contributed by atoms with Gasteiger partial charge in [0.1, 0.15) is 17.3 Å². The van der Waals surface area contributed by atoms with E-state index in [1.807, 2.05) is 32.0 Å². The molecule has 2 aromatic carbocycles. The zero-order chi connectivity index (χ0) is 23.0. The lowest BCUT2D eigenvalue weighted by Gasteiger charge is -2.15. The van der Waals surface area contributed by atoms with E-state index in [1.54, 1.807) is 6.07 Å². The summed E-state index contributed by atoms with van der Waals surface area (Å²) in [5, 5.41) is 0. The maximum absolute atomic E-state index is 12.9. The molecular weight excluding hydrogens is 422 g/mol. The highest BCUT2D eigenvalue weighted by atomic mass is 32.2.